The van der Waals surface area contributed by atoms with Crippen molar-refractivity contribution >= 4 is 18.0 Å². The first kappa shape index (κ1) is 35.6. The molecule has 0 saturated carbocycles. The maximum absolute atomic E-state index is 14.4. The van der Waals surface area contributed by atoms with E-state index in [1.807, 2.05) is 0 Å². The van der Waals surface area contributed by atoms with Gasteiger partial charge >= 0.3 is 18.2 Å². The van der Waals surface area contributed by atoms with Crippen LogP contribution in [0.15, 0.2) is 103 Å². The van der Waals surface area contributed by atoms with E-state index in [9.17, 15) is 41.4 Å². The van der Waals surface area contributed by atoms with Gasteiger partial charge in [-0.05, 0) is 40.8 Å². The normalized spacial score (nSPS) is 13.1. The van der Waals surface area contributed by atoms with Gasteiger partial charge in [-0.2, -0.15) is 13.2 Å². The van der Waals surface area contributed by atoms with E-state index in [0.717, 1.165) is 0 Å². The second-order valence-corrected chi connectivity index (χ2v) is 10.7. The van der Waals surface area contributed by atoms with Crippen LogP contribution in [0.1, 0.15) is 27.8 Å². The van der Waals surface area contributed by atoms with Crippen molar-refractivity contribution in [3.8, 4) is 0 Å². The first-order valence-electron chi connectivity index (χ1n) is 14.7. The van der Waals surface area contributed by atoms with Crippen LogP contribution < -0.4 is 10.6 Å². The average molecular weight is 671 g/mol. The first-order valence-corrected chi connectivity index (χ1v) is 14.7. The molecular formula is C35H31F5N2O6. The van der Waals surface area contributed by atoms with Crippen LogP contribution in [0.2, 0.25) is 0 Å². The smallest absolute Gasteiger partial charge is 0.422 e. The molecule has 4 rings (SSSR count). The fourth-order valence-corrected chi connectivity index (χ4v) is 4.74. The number of ether oxygens (including phenoxy) is 2. The summed E-state index contributed by atoms with van der Waals surface area (Å²) in [6, 6.07) is 23.4. The highest BCUT2D eigenvalue weighted by Gasteiger charge is 2.38. The van der Waals surface area contributed by atoms with Gasteiger partial charge in [0.25, 0.3) is 5.91 Å². The number of alkyl halides is 3. The fraction of sp³-hybridized carbons (Fsp3) is 0.229. The molecule has 0 bridgehead atoms. The Morgan fingerprint density at radius 3 is 1.65 bits per heavy atom. The second kappa shape index (κ2) is 16.5. The summed E-state index contributed by atoms with van der Waals surface area (Å²) in [4.78, 5) is 39.2. The molecular weight excluding hydrogens is 639 g/mol. The maximum Gasteiger partial charge on any atom is 0.422 e. The molecule has 0 aliphatic heterocycles. The summed E-state index contributed by atoms with van der Waals surface area (Å²) >= 11 is 0. The number of rotatable bonds is 13. The van der Waals surface area contributed by atoms with Gasteiger partial charge in [0.15, 0.2) is 6.10 Å². The van der Waals surface area contributed by atoms with Crippen LogP contribution in [0.25, 0.3) is 0 Å². The lowest BCUT2D eigenvalue weighted by molar-refractivity contribution is -0.150. The maximum atomic E-state index is 14.4. The molecule has 0 spiro atoms. The predicted molar refractivity (Wildman–Crippen MR) is 163 cm³/mol. The van der Waals surface area contributed by atoms with E-state index in [4.69, 9.17) is 9.47 Å². The lowest BCUT2D eigenvalue weighted by Crippen LogP contribution is -2.55. The molecule has 2 amide bonds. The van der Waals surface area contributed by atoms with Crippen LogP contribution in [0.4, 0.5) is 26.7 Å². The zero-order valence-corrected chi connectivity index (χ0v) is 25.3. The number of alkyl carbamates (subject to hydrolysis) is 1. The van der Waals surface area contributed by atoms with Gasteiger partial charge in [-0.3, -0.25) is 4.79 Å². The third kappa shape index (κ3) is 10.4. The van der Waals surface area contributed by atoms with Crippen LogP contribution in [-0.2, 0) is 51.3 Å². The molecule has 0 fully saturated rings. The summed E-state index contributed by atoms with van der Waals surface area (Å²) in [7, 11) is 0. The summed E-state index contributed by atoms with van der Waals surface area (Å²) in [5.41, 5.74) is -0.657. The number of amides is 2. The highest BCUT2D eigenvalue weighted by Crippen LogP contribution is 2.34. The molecule has 8 nitrogen and oxygen atoms in total. The number of carbonyl (C=O) groups excluding carboxylic acids is 3. The minimum atomic E-state index is -5.32. The second-order valence-electron chi connectivity index (χ2n) is 10.7. The Balaban J connectivity index is 1.54. The molecule has 0 aliphatic carbocycles. The minimum absolute atomic E-state index is 0.0612. The van der Waals surface area contributed by atoms with Crippen LogP contribution in [0, 0.1) is 11.6 Å². The number of benzene rings is 4. The van der Waals surface area contributed by atoms with E-state index < -0.39 is 71.5 Å². The molecule has 0 aromatic heterocycles. The summed E-state index contributed by atoms with van der Waals surface area (Å²) in [6.45, 7) is -0.377. The number of aliphatic hydroxyl groups excluding tert-OH is 1. The molecule has 48 heavy (non-hydrogen) atoms. The number of esters is 1. The summed E-state index contributed by atoms with van der Waals surface area (Å²) in [5, 5.41) is 15.8. The van der Waals surface area contributed by atoms with Gasteiger partial charge in [0.1, 0.15) is 36.5 Å². The largest absolute Gasteiger partial charge is 0.459 e. The highest BCUT2D eigenvalue weighted by atomic mass is 19.4. The Labute approximate surface area is 272 Å². The van der Waals surface area contributed by atoms with E-state index in [2.05, 4.69) is 10.6 Å². The molecule has 252 valence electrons. The number of hydrogen-bond acceptors (Lipinski definition) is 6. The van der Waals surface area contributed by atoms with Crippen molar-refractivity contribution < 1.29 is 50.9 Å². The Bertz CT molecular complexity index is 1650. The van der Waals surface area contributed by atoms with Gasteiger partial charge < -0.3 is 25.2 Å². The van der Waals surface area contributed by atoms with Gasteiger partial charge in [0, 0.05) is 6.42 Å². The van der Waals surface area contributed by atoms with Crippen molar-refractivity contribution in [2.75, 3.05) is 0 Å². The van der Waals surface area contributed by atoms with Gasteiger partial charge in [0.2, 0.25) is 0 Å². The monoisotopic (exact) mass is 670 g/mol. The lowest BCUT2D eigenvalue weighted by Gasteiger charge is -2.26. The molecule has 0 radical (unpaired) electrons. The molecule has 0 aliphatic rings. The van der Waals surface area contributed by atoms with Gasteiger partial charge in [-0.25, -0.2) is 18.4 Å². The standard InChI is InChI=1S/C35H31F5N2O6/c36-26-16-25(17-27(37)30(26)35(38,39)40)19-29(33(45)47-20-23-12-6-2-7-13-23)41-32(44)31(43)28(18-22-10-4-1-5-11-22)42-34(46)48-21-24-14-8-3-9-15-24/h1-17,28-29,31,43H,18-21H2,(H,41,44)(H,42,46)/t28-,29+,31+/m1/s1. The van der Waals surface area contributed by atoms with Crippen molar-refractivity contribution in [3.63, 3.8) is 0 Å². The van der Waals surface area contributed by atoms with Crippen LogP contribution >= 0.6 is 0 Å². The van der Waals surface area contributed by atoms with Gasteiger partial charge in [-0.15, -0.1) is 0 Å². The van der Waals surface area contributed by atoms with Gasteiger partial charge in [0.05, 0.1) is 6.04 Å². The van der Waals surface area contributed by atoms with E-state index in [-0.39, 0.29) is 19.6 Å². The van der Waals surface area contributed by atoms with Crippen LogP contribution in [0.5, 0.6) is 0 Å². The average Bonchev–Trinajstić information content (AvgIpc) is 3.05. The highest BCUT2D eigenvalue weighted by molar-refractivity contribution is 5.88. The Hall–Kier alpha value is -5.30. The molecule has 3 atom stereocenters. The third-order valence-corrected chi connectivity index (χ3v) is 7.11. The van der Waals surface area contributed by atoms with Crippen LogP contribution in [-0.4, -0.2) is 41.3 Å². The zero-order chi connectivity index (χ0) is 34.7. The van der Waals surface area contributed by atoms with Crippen LogP contribution in [0.3, 0.4) is 0 Å². The molecule has 3 N–H and O–H groups in total. The van der Waals surface area contributed by atoms with E-state index in [0.29, 0.717) is 28.8 Å². The molecule has 4 aromatic rings. The SMILES string of the molecule is O=C(N[C@H](Cc1ccccc1)[C@H](O)C(=O)N[C@@H](Cc1cc(F)c(C(F)(F)F)c(F)c1)C(=O)OCc1ccccc1)OCc1ccccc1. The Kier molecular flexibility index (Phi) is 12.2. The van der Waals surface area contributed by atoms with E-state index in [1.165, 1.54) is 0 Å². The number of halogens is 5. The predicted octanol–water partition coefficient (Wildman–Crippen LogP) is 5.65. The van der Waals surface area contributed by atoms with E-state index in [1.54, 1.807) is 91.0 Å². The Morgan fingerprint density at radius 2 is 1.15 bits per heavy atom. The number of nitrogens with one attached hydrogen (secondary N) is 2. The first-order chi connectivity index (χ1) is 22.9. The summed E-state index contributed by atoms with van der Waals surface area (Å²) in [5.74, 6) is -6.12. The van der Waals surface area contributed by atoms with Crippen molar-refractivity contribution in [3.05, 3.63) is 143 Å². The number of hydrogen-bond donors (Lipinski definition) is 3. The minimum Gasteiger partial charge on any atom is -0.459 e. The van der Waals surface area contributed by atoms with Gasteiger partial charge in [-0.1, -0.05) is 91.0 Å². The topological polar surface area (TPSA) is 114 Å². The molecule has 0 saturated heterocycles. The van der Waals surface area contributed by atoms with Crippen molar-refractivity contribution in [2.45, 2.75) is 50.4 Å². The van der Waals surface area contributed by atoms with Crippen molar-refractivity contribution in [1.29, 1.82) is 0 Å². The number of aliphatic hydroxyl groups is 1. The molecule has 0 heterocycles. The summed E-state index contributed by atoms with van der Waals surface area (Å²) < 4.78 is 78.7. The molecule has 0 unspecified atom stereocenters. The third-order valence-electron chi connectivity index (χ3n) is 7.11. The molecule has 4 aromatic carbocycles. The van der Waals surface area contributed by atoms with E-state index >= 15 is 0 Å². The Morgan fingerprint density at radius 1 is 0.667 bits per heavy atom. The quantitative estimate of drug-likeness (QED) is 0.125. The zero-order valence-electron chi connectivity index (χ0n) is 25.3. The summed E-state index contributed by atoms with van der Waals surface area (Å²) in [6.07, 6.45) is -9.04. The number of carbonyl (C=O) groups is 3. The lowest BCUT2D eigenvalue weighted by atomic mass is 9.99. The molecule has 13 heteroatoms. The van der Waals surface area contributed by atoms with Crippen molar-refractivity contribution in [1.82, 2.24) is 10.6 Å². The fourth-order valence-electron chi connectivity index (χ4n) is 4.74. The van der Waals surface area contributed by atoms with Crippen molar-refractivity contribution in [2.24, 2.45) is 0 Å².